The van der Waals surface area contributed by atoms with Crippen molar-refractivity contribution in [1.82, 2.24) is 15.2 Å². The lowest BCUT2D eigenvalue weighted by Crippen LogP contribution is -2.47. The number of hydrogen-bond donors (Lipinski definition) is 4. The number of nitrogens with zero attached hydrogens (tertiary/aromatic N) is 3. The molecule has 1 saturated heterocycles. The molecule has 1 amide bonds. The van der Waals surface area contributed by atoms with Gasteiger partial charge >= 0.3 is 0 Å². The van der Waals surface area contributed by atoms with Crippen molar-refractivity contribution in [2.45, 2.75) is 38.3 Å². The molecule has 0 spiro atoms. The van der Waals surface area contributed by atoms with E-state index >= 15 is 0 Å². The number of nitrogens with one attached hydrogen (secondary N) is 2. The summed E-state index contributed by atoms with van der Waals surface area (Å²) in [5.74, 6) is 1.08. The molecule has 0 radical (unpaired) electrons. The molecule has 0 unspecified atom stereocenters. The molecule has 0 saturated carbocycles. The average molecular weight is 401 g/mol. The van der Waals surface area contributed by atoms with Gasteiger partial charge in [-0.25, -0.2) is 4.98 Å². The summed E-state index contributed by atoms with van der Waals surface area (Å²) < 4.78 is 10.7. The number of methoxy groups -OCH3 is 1. The third-order valence-electron chi connectivity index (χ3n) is 4.66. The zero-order valence-electron chi connectivity index (χ0n) is 16.6. The predicted octanol–water partition coefficient (Wildman–Crippen LogP) is 1.20. The highest BCUT2D eigenvalue weighted by molar-refractivity contribution is 5.97. The molecule has 0 aliphatic carbocycles. The number of carbonyl (C=O) groups is 1. The standard InChI is InChI=1S/C19H27N7O3/c1-3-4-13-15(28-2)5-6-16(23-13)24-14-9-17(25-26-18(14)19(21)27)22-12-7-8-29-10-11(12)20/h5-6,9,11-12H,3-4,7-8,10,20H2,1-2H3,(H2,21,27)(H2,22,23,24,25)/t11-,12+/m0/s1. The average Bonchev–Trinajstić information content (AvgIpc) is 2.70. The van der Waals surface area contributed by atoms with Crippen LogP contribution in [0, 0.1) is 0 Å². The van der Waals surface area contributed by atoms with Crippen molar-refractivity contribution >= 4 is 23.2 Å². The van der Waals surface area contributed by atoms with E-state index < -0.39 is 5.91 Å². The van der Waals surface area contributed by atoms with Crippen LogP contribution in [0.1, 0.15) is 35.9 Å². The van der Waals surface area contributed by atoms with Crippen molar-refractivity contribution in [3.63, 3.8) is 0 Å². The van der Waals surface area contributed by atoms with E-state index in [2.05, 4.69) is 32.7 Å². The molecule has 6 N–H and O–H groups in total. The van der Waals surface area contributed by atoms with Crippen LogP contribution in [-0.2, 0) is 11.2 Å². The maximum Gasteiger partial charge on any atom is 0.271 e. The van der Waals surface area contributed by atoms with Crippen LogP contribution < -0.4 is 26.8 Å². The fourth-order valence-electron chi connectivity index (χ4n) is 3.17. The van der Waals surface area contributed by atoms with E-state index in [4.69, 9.17) is 20.9 Å². The molecule has 0 bridgehead atoms. The lowest BCUT2D eigenvalue weighted by Gasteiger charge is -2.29. The summed E-state index contributed by atoms with van der Waals surface area (Å²) >= 11 is 0. The topological polar surface area (TPSA) is 150 Å². The Balaban J connectivity index is 1.86. The van der Waals surface area contributed by atoms with Crippen molar-refractivity contribution in [2.24, 2.45) is 11.5 Å². The summed E-state index contributed by atoms with van der Waals surface area (Å²) in [6, 6.07) is 5.13. The van der Waals surface area contributed by atoms with Gasteiger partial charge in [0.05, 0.1) is 25.1 Å². The summed E-state index contributed by atoms with van der Waals surface area (Å²) in [5.41, 5.74) is 12.8. The molecule has 29 heavy (non-hydrogen) atoms. The number of aryl methyl sites for hydroxylation is 1. The van der Waals surface area contributed by atoms with Gasteiger partial charge < -0.3 is 31.6 Å². The molecule has 3 rings (SSSR count). The first-order chi connectivity index (χ1) is 14.0. The van der Waals surface area contributed by atoms with Gasteiger partial charge in [-0.3, -0.25) is 4.79 Å². The second-order valence-corrected chi connectivity index (χ2v) is 6.85. The van der Waals surface area contributed by atoms with Crippen LogP contribution in [0.2, 0.25) is 0 Å². The molecule has 156 valence electrons. The maximum atomic E-state index is 11.8. The highest BCUT2D eigenvalue weighted by atomic mass is 16.5. The van der Waals surface area contributed by atoms with E-state index in [0.717, 1.165) is 30.7 Å². The van der Waals surface area contributed by atoms with Gasteiger partial charge in [-0.2, -0.15) is 0 Å². The molecular weight excluding hydrogens is 374 g/mol. The minimum Gasteiger partial charge on any atom is -0.495 e. The lowest BCUT2D eigenvalue weighted by atomic mass is 10.0. The Morgan fingerprint density at radius 1 is 1.34 bits per heavy atom. The van der Waals surface area contributed by atoms with Crippen LogP contribution >= 0.6 is 0 Å². The number of pyridine rings is 1. The van der Waals surface area contributed by atoms with Crippen molar-refractivity contribution < 1.29 is 14.3 Å². The second kappa shape index (κ2) is 9.48. The Morgan fingerprint density at radius 2 is 2.17 bits per heavy atom. The number of anilines is 3. The summed E-state index contributed by atoms with van der Waals surface area (Å²) in [5, 5.41) is 14.4. The zero-order valence-corrected chi connectivity index (χ0v) is 16.6. The number of carbonyl (C=O) groups excluding carboxylic acids is 1. The van der Waals surface area contributed by atoms with Crippen molar-refractivity contribution in [3.05, 3.63) is 29.6 Å². The van der Waals surface area contributed by atoms with Crippen LogP contribution in [-0.4, -0.2) is 53.5 Å². The van der Waals surface area contributed by atoms with Crippen LogP contribution in [0.15, 0.2) is 18.2 Å². The number of aromatic nitrogens is 3. The van der Waals surface area contributed by atoms with Crippen LogP contribution in [0.4, 0.5) is 17.3 Å². The van der Waals surface area contributed by atoms with Crippen molar-refractivity contribution in [2.75, 3.05) is 31.0 Å². The molecule has 1 aliphatic heterocycles. The molecule has 10 heteroatoms. The van der Waals surface area contributed by atoms with E-state index in [0.29, 0.717) is 30.5 Å². The fraction of sp³-hybridized carbons (Fsp3) is 0.474. The Morgan fingerprint density at radius 3 is 2.86 bits per heavy atom. The normalized spacial score (nSPS) is 18.9. The Kier molecular flexibility index (Phi) is 6.78. The zero-order chi connectivity index (χ0) is 20.8. The van der Waals surface area contributed by atoms with E-state index in [9.17, 15) is 4.79 Å². The van der Waals surface area contributed by atoms with Gasteiger partial charge in [0.2, 0.25) is 0 Å². The maximum absolute atomic E-state index is 11.8. The highest BCUT2D eigenvalue weighted by Crippen LogP contribution is 2.25. The smallest absolute Gasteiger partial charge is 0.271 e. The summed E-state index contributed by atoms with van der Waals surface area (Å²) in [4.78, 5) is 16.4. The first-order valence-electron chi connectivity index (χ1n) is 9.60. The summed E-state index contributed by atoms with van der Waals surface area (Å²) in [7, 11) is 1.61. The molecule has 2 atom stereocenters. The second-order valence-electron chi connectivity index (χ2n) is 6.85. The van der Waals surface area contributed by atoms with Crippen LogP contribution in [0.3, 0.4) is 0 Å². The molecule has 2 aromatic rings. The number of nitrogens with two attached hydrogens (primary N) is 2. The van der Waals surface area contributed by atoms with Gasteiger partial charge in [0.25, 0.3) is 5.91 Å². The third-order valence-corrected chi connectivity index (χ3v) is 4.66. The monoisotopic (exact) mass is 401 g/mol. The largest absolute Gasteiger partial charge is 0.495 e. The SMILES string of the molecule is CCCc1nc(Nc2cc(N[C@@H]3CCOC[C@@H]3N)nnc2C(N)=O)ccc1OC. The van der Waals surface area contributed by atoms with Crippen molar-refractivity contribution in [3.8, 4) is 5.75 Å². The van der Waals surface area contributed by atoms with Gasteiger partial charge in [-0.15, -0.1) is 10.2 Å². The molecular formula is C19H27N7O3. The fourth-order valence-corrected chi connectivity index (χ4v) is 3.17. The lowest BCUT2D eigenvalue weighted by molar-refractivity contribution is 0.0751. The van der Waals surface area contributed by atoms with Gasteiger partial charge in [0.1, 0.15) is 11.6 Å². The number of ether oxygens (including phenoxy) is 2. The molecule has 3 heterocycles. The highest BCUT2D eigenvalue weighted by Gasteiger charge is 2.23. The van der Waals surface area contributed by atoms with Crippen LogP contribution in [0.25, 0.3) is 0 Å². The van der Waals surface area contributed by atoms with E-state index in [-0.39, 0.29) is 17.8 Å². The first-order valence-corrected chi connectivity index (χ1v) is 9.60. The van der Waals surface area contributed by atoms with E-state index in [1.807, 2.05) is 6.07 Å². The van der Waals surface area contributed by atoms with Gasteiger partial charge in [-0.05, 0) is 25.0 Å². The van der Waals surface area contributed by atoms with Crippen molar-refractivity contribution in [1.29, 1.82) is 0 Å². The first kappa shape index (κ1) is 20.7. The van der Waals surface area contributed by atoms with Gasteiger partial charge in [0, 0.05) is 24.8 Å². The number of primary amides is 1. The number of rotatable bonds is 8. The van der Waals surface area contributed by atoms with Crippen LogP contribution in [0.5, 0.6) is 5.75 Å². The molecule has 0 aromatic carbocycles. The Bertz CT molecular complexity index is 862. The summed E-state index contributed by atoms with van der Waals surface area (Å²) in [6.45, 7) is 3.17. The van der Waals surface area contributed by atoms with E-state index in [1.54, 1.807) is 19.2 Å². The molecule has 2 aromatic heterocycles. The minimum absolute atomic E-state index is 0.000552. The minimum atomic E-state index is -0.684. The van der Waals surface area contributed by atoms with Gasteiger partial charge in [-0.1, -0.05) is 13.3 Å². The van der Waals surface area contributed by atoms with Gasteiger partial charge in [0.15, 0.2) is 11.5 Å². The third kappa shape index (κ3) is 5.09. The Labute approximate surface area is 169 Å². The van der Waals surface area contributed by atoms with E-state index in [1.165, 1.54) is 0 Å². The number of hydrogen-bond acceptors (Lipinski definition) is 9. The summed E-state index contributed by atoms with van der Waals surface area (Å²) in [6.07, 6.45) is 2.45. The molecule has 1 fully saturated rings. The number of amides is 1. The Hall–Kier alpha value is -2.98. The predicted molar refractivity (Wildman–Crippen MR) is 109 cm³/mol. The molecule has 1 aliphatic rings. The quantitative estimate of drug-likeness (QED) is 0.511. The molecule has 10 nitrogen and oxygen atoms in total.